The molecule has 2 rings (SSSR count). The lowest BCUT2D eigenvalue weighted by atomic mass is 9.98. The van der Waals surface area contributed by atoms with Crippen molar-refractivity contribution in [3.63, 3.8) is 0 Å². The molecule has 0 aliphatic carbocycles. The molecule has 0 radical (unpaired) electrons. The van der Waals surface area contributed by atoms with Crippen LogP contribution in [0.3, 0.4) is 0 Å². The minimum absolute atomic E-state index is 0. The summed E-state index contributed by atoms with van der Waals surface area (Å²) < 4.78 is 0. The van der Waals surface area contributed by atoms with Gasteiger partial charge in [-0.2, -0.15) is 0 Å². The Kier molecular flexibility index (Phi) is 10.0. The van der Waals surface area contributed by atoms with Gasteiger partial charge in [0.15, 0.2) is 0 Å². The molecule has 3 N–H and O–H groups in total. The minimum Gasteiger partial charge on any atom is -0.346 e. The molecule has 0 saturated heterocycles. The SMILES string of the molecule is CCC(NC(=O)C(CN)c1ccccc1)c1nccs1.Cl.Cl. The molecule has 122 valence electrons. The predicted molar refractivity (Wildman–Crippen MR) is 96.0 cm³/mol. The monoisotopic (exact) mass is 361 g/mol. The number of thiazole rings is 1. The minimum atomic E-state index is -0.315. The summed E-state index contributed by atoms with van der Waals surface area (Å²) in [6.45, 7) is 2.33. The first-order valence-corrected chi connectivity index (χ1v) is 7.59. The third-order valence-corrected chi connectivity index (χ3v) is 4.12. The number of amides is 1. The maximum atomic E-state index is 12.4. The maximum absolute atomic E-state index is 12.4. The zero-order valence-electron chi connectivity index (χ0n) is 12.3. The summed E-state index contributed by atoms with van der Waals surface area (Å²) in [6, 6.07) is 9.59. The van der Waals surface area contributed by atoms with E-state index in [2.05, 4.69) is 10.3 Å². The summed E-state index contributed by atoms with van der Waals surface area (Å²) in [5.74, 6) is -0.356. The molecule has 0 bridgehead atoms. The van der Waals surface area contributed by atoms with Gasteiger partial charge in [-0.3, -0.25) is 4.79 Å². The third-order valence-electron chi connectivity index (χ3n) is 3.23. The predicted octanol–water partition coefficient (Wildman–Crippen LogP) is 3.30. The smallest absolute Gasteiger partial charge is 0.229 e. The Balaban J connectivity index is 0.00000220. The zero-order valence-corrected chi connectivity index (χ0v) is 14.7. The number of hydrogen-bond acceptors (Lipinski definition) is 4. The number of halogens is 2. The van der Waals surface area contributed by atoms with Crippen molar-refractivity contribution in [2.45, 2.75) is 25.3 Å². The van der Waals surface area contributed by atoms with Crippen LogP contribution in [0.25, 0.3) is 0 Å². The van der Waals surface area contributed by atoms with Crippen LogP contribution in [0, 0.1) is 0 Å². The van der Waals surface area contributed by atoms with Gasteiger partial charge in [0.05, 0.1) is 12.0 Å². The number of hydrogen-bond donors (Lipinski definition) is 2. The third kappa shape index (κ3) is 5.25. The molecule has 1 aromatic carbocycles. The van der Waals surface area contributed by atoms with Gasteiger partial charge in [-0.15, -0.1) is 36.2 Å². The van der Waals surface area contributed by atoms with Crippen LogP contribution >= 0.6 is 36.2 Å². The molecule has 0 saturated carbocycles. The molecule has 0 fully saturated rings. The summed E-state index contributed by atoms with van der Waals surface area (Å²) >= 11 is 1.56. The Morgan fingerprint density at radius 1 is 1.32 bits per heavy atom. The van der Waals surface area contributed by atoms with Crippen LogP contribution in [-0.2, 0) is 4.79 Å². The molecule has 0 spiro atoms. The van der Waals surface area contributed by atoms with E-state index < -0.39 is 0 Å². The Hall–Kier alpha value is -1.14. The number of carbonyl (C=O) groups is 1. The molecule has 4 nitrogen and oxygen atoms in total. The Morgan fingerprint density at radius 2 is 2.00 bits per heavy atom. The molecule has 7 heteroatoms. The van der Waals surface area contributed by atoms with Crippen LogP contribution in [0.1, 0.15) is 35.9 Å². The molecule has 22 heavy (non-hydrogen) atoms. The van der Waals surface area contributed by atoms with E-state index in [1.165, 1.54) is 0 Å². The van der Waals surface area contributed by atoms with Crippen molar-refractivity contribution in [2.75, 3.05) is 6.54 Å². The molecule has 2 unspecified atom stereocenters. The zero-order chi connectivity index (χ0) is 14.4. The van der Waals surface area contributed by atoms with Gasteiger partial charge in [0.2, 0.25) is 5.91 Å². The van der Waals surface area contributed by atoms with E-state index in [1.54, 1.807) is 17.5 Å². The topological polar surface area (TPSA) is 68.0 Å². The second-order valence-corrected chi connectivity index (χ2v) is 5.46. The summed E-state index contributed by atoms with van der Waals surface area (Å²) in [7, 11) is 0. The molecular weight excluding hydrogens is 341 g/mol. The number of nitrogens with one attached hydrogen (secondary N) is 1. The van der Waals surface area contributed by atoms with E-state index in [4.69, 9.17) is 5.73 Å². The summed E-state index contributed by atoms with van der Waals surface area (Å²) in [6.07, 6.45) is 2.57. The van der Waals surface area contributed by atoms with Crippen LogP contribution in [0.15, 0.2) is 41.9 Å². The summed E-state index contributed by atoms with van der Waals surface area (Å²) in [5.41, 5.74) is 6.71. The van der Waals surface area contributed by atoms with Gasteiger partial charge in [0.1, 0.15) is 5.01 Å². The quantitative estimate of drug-likeness (QED) is 0.829. The van der Waals surface area contributed by atoms with E-state index in [0.717, 1.165) is 17.0 Å². The average Bonchev–Trinajstić information content (AvgIpc) is 3.00. The molecule has 1 amide bonds. The Morgan fingerprint density at radius 3 is 2.50 bits per heavy atom. The van der Waals surface area contributed by atoms with Crippen molar-refractivity contribution in [1.82, 2.24) is 10.3 Å². The number of nitrogens with two attached hydrogens (primary N) is 1. The highest BCUT2D eigenvalue weighted by Gasteiger charge is 2.22. The summed E-state index contributed by atoms with van der Waals surface area (Å²) in [4.78, 5) is 16.7. The second-order valence-electron chi connectivity index (χ2n) is 4.54. The number of benzene rings is 1. The van der Waals surface area contributed by atoms with Gasteiger partial charge in [-0.1, -0.05) is 37.3 Å². The van der Waals surface area contributed by atoms with Crippen LogP contribution in [0.2, 0.25) is 0 Å². The van der Waals surface area contributed by atoms with E-state index >= 15 is 0 Å². The molecule has 2 atom stereocenters. The fourth-order valence-electron chi connectivity index (χ4n) is 2.10. The van der Waals surface area contributed by atoms with E-state index in [1.807, 2.05) is 42.6 Å². The fraction of sp³-hybridized carbons (Fsp3) is 0.333. The maximum Gasteiger partial charge on any atom is 0.229 e. The molecule has 0 aliphatic rings. The van der Waals surface area contributed by atoms with Crippen molar-refractivity contribution < 1.29 is 4.79 Å². The van der Waals surface area contributed by atoms with Gasteiger partial charge in [0.25, 0.3) is 0 Å². The van der Waals surface area contributed by atoms with Gasteiger partial charge in [-0.25, -0.2) is 4.98 Å². The Bertz CT molecular complexity index is 537. The van der Waals surface area contributed by atoms with Gasteiger partial charge in [0, 0.05) is 18.1 Å². The van der Waals surface area contributed by atoms with Crippen LogP contribution in [0.4, 0.5) is 0 Å². The second kappa shape index (κ2) is 10.6. The highest BCUT2D eigenvalue weighted by atomic mass is 35.5. The number of aromatic nitrogens is 1. The van der Waals surface area contributed by atoms with E-state index in [9.17, 15) is 4.79 Å². The number of rotatable bonds is 6. The van der Waals surface area contributed by atoms with Crippen LogP contribution in [0.5, 0.6) is 0 Å². The fourth-order valence-corrected chi connectivity index (χ4v) is 2.87. The van der Waals surface area contributed by atoms with E-state index in [0.29, 0.717) is 6.54 Å². The van der Waals surface area contributed by atoms with E-state index in [-0.39, 0.29) is 42.7 Å². The highest BCUT2D eigenvalue weighted by molar-refractivity contribution is 7.09. The Labute approximate surface area is 147 Å². The molecular formula is C15H21Cl2N3OS. The van der Waals surface area contributed by atoms with Crippen molar-refractivity contribution in [3.05, 3.63) is 52.5 Å². The molecule has 0 aliphatic heterocycles. The normalized spacial score (nSPS) is 12.5. The van der Waals surface area contributed by atoms with Crippen LogP contribution in [-0.4, -0.2) is 17.4 Å². The number of nitrogens with zero attached hydrogens (tertiary/aromatic N) is 1. The van der Waals surface area contributed by atoms with Crippen molar-refractivity contribution in [2.24, 2.45) is 5.73 Å². The van der Waals surface area contributed by atoms with Gasteiger partial charge < -0.3 is 11.1 Å². The van der Waals surface area contributed by atoms with Crippen LogP contribution < -0.4 is 11.1 Å². The average molecular weight is 362 g/mol. The van der Waals surface area contributed by atoms with Crippen molar-refractivity contribution >= 4 is 42.1 Å². The summed E-state index contributed by atoms with van der Waals surface area (Å²) in [5, 5.41) is 5.90. The van der Waals surface area contributed by atoms with Crippen molar-refractivity contribution in [1.29, 1.82) is 0 Å². The lowest BCUT2D eigenvalue weighted by Gasteiger charge is -2.20. The van der Waals surface area contributed by atoms with Gasteiger partial charge in [-0.05, 0) is 12.0 Å². The first-order chi connectivity index (χ1) is 9.76. The standard InChI is InChI=1S/C15H19N3OS.2ClH/c1-2-13(15-17-8-9-20-15)18-14(19)12(10-16)11-6-4-3-5-7-11;;/h3-9,12-13H,2,10,16H2,1H3,(H,18,19);2*1H. The molecule has 1 heterocycles. The van der Waals surface area contributed by atoms with Crippen molar-refractivity contribution in [3.8, 4) is 0 Å². The largest absolute Gasteiger partial charge is 0.346 e. The number of carbonyl (C=O) groups excluding carboxylic acids is 1. The van der Waals surface area contributed by atoms with Gasteiger partial charge >= 0.3 is 0 Å². The lowest BCUT2D eigenvalue weighted by Crippen LogP contribution is -2.35. The molecule has 1 aromatic heterocycles. The first kappa shape index (κ1) is 20.9. The highest BCUT2D eigenvalue weighted by Crippen LogP contribution is 2.21. The lowest BCUT2D eigenvalue weighted by molar-refractivity contribution is -0.123. The molecule has 2 aromatic rings. The first-order valence-electron chi connectivity index (χ1n) is 6.71.